The normalized spacial score (nSPS) is 16.9. The lowest BCUT2D eigenvalue weighted by Gasteiger charge is -2.16. The number of alkyl halides is 3. The summed E-state index contributed by atoms with van der Waals surface area (Å²) in [7, 11) is -3.89. The van der Waals surface area contributed by atoms with Gasteiger partial charge >= 0.3 is 12.1 Å². The highest BCUT2D eigenvalue weighted by Crippen LogP contribution is 2.43. The molecule has 0 bridgehead atoms. The summed E-state index contributed by atoms with van der Waals surface area (Å²) in [4.78, 5) is 41.2. The topological polar surface area (TPSA) is 134 Å². The standard InChI is InChI=1S/C27H21N3O4S.C2HF3O2/c31-26-24(19-9-3-1-4-10-19)25(20-11-5-2-6-12-20)27(32)30(26)21-14-16-22(17-15-21)35(33,34)29-23-13-7-8-18-28-23;3-2(4,5)1(6)7/h1-18,24-25H,(H,28,29);(H,6,7). The fourth-order valence-corrected chi connectivity index (χ4v) is 5.32. The third-order valence-electron chi connectivity index (χ3n) is 6.18. The maximum absolute atomic E-state index is 13.6. The van der Waals surface area contributed by atoms with E-state index in [1.807, 2.05) is 60.7 Å². The molecule has 1 aliphatic rings. The van der Waals surface area contributed by atoms with Crippen LogP contribution in [0, 0.1) is 0 Å². The molecule has 216 valence electrons. The van der Waals surface area contributed by atoms with Crippen molar-refractivity contribution in [2.75, 3.05) is 9.62 Å². The molecule has 2 atom stereocenters. The van der Waals surface area contributed by atoms with Crippen molar-refractivity contribution in [1.82, 2.24) is 4.98 Å². The number of carboxylic acids is 1. The van der Waals surface area contributed by atoms with Gasteiger partial charge in [-0.1, -0.05) is 66.7 Å². The number of anilines is 2. The second kappa shape index (κ2) is 12.2. The number of aromatic nitrogens is 1. The number of hydrogen-bond acceptors (Lipinski definition) is 6. The van der Waals surface area contributed by atoms with Gasteiger partial charge in [0, 0.05) is 6.20 Å². The molecule has 9 nitrogen and oxygen atoms in total. The number of pyridine rings is 1. The van der Waals surface area contributed by atoms with Crippen LogP contribution in [0.15, 0.2) is 114 Å². The van der Waals surface area contributed by atoms with Gasteiger partial charge in [-0.2, -0.15) is 13.2 Å². The molecule has 0 aliphatic carbocycles. The minimum Gasteiger partial charge on any atom is -0.475 e. The Labute approximate surface area is 238 Å². The van der Waals surface area contributed by atoms with Crippen LogP contribution in [0.2, 0.25) is 0 Å². The van der Waals surface area contributed by atoms with E-state index in [-0.39, 0.29) is 22.5 Å². The van der Waals surface area contributed by atoms with Crippen LogP contribution in [0.3, 0.4) is 0 Å². The molecule has 2 amide bonds. The average Bonchev–Trinajstić information content (AvgIpc) is 3.23. The van der Waals surface area contributed by atoms with Crippen molar-refractivity contribution in [3.63, 3.8) is 0 Å². The minimum atomic E-state index is -5.08. The Hall–Kier alpha value is -5.04. The SMILES string of the molecule is O=C(O)C(F)(F)F.O=C1C(c2ccccc2)C(c2ccccc2)C(=O)N1c1ccc(S(=O)(=O)Nc2ccccn2)cc1. The van der Waals surface area contributed by atoms with E-state index in [1.54, 1.807) is 18.2 Å². The Balaban J connectivity index is 0.000000517. The van der Waals surface area contributed by atoms with Gasteiger partial charge in [0.1, 0.15) is 5.82 Å². The fraction of sp³-hybridized carbons (Fsp3) is 0.103. The summed E-state index contributed by atoms with van der Waals surface area (Å²) >= 11 is 0. The van der Waals surface area contributed by atoms with Crippen molar-refractivity contribution >= 4 is 39.3 Å². The first-order valence-corrected chi connectivity index (χ1v) is 13.7. The van der Waals surface area contributed by atoms with Crippen LogP contribution in [-0.2, 0) is 24.4 Å². The molecule has 2 unspecified atom stereocenters. The van der Waals surface area contributed by atoms with Gasteiger partial charge in [-0.25, -0.2) is 23.1 Å². The third kappa shape index (κ3) is 6.63. The highest BCUT2D eigenvalue weighted by Gasteiger charge is 2.49. The third-order valence-corrected chi connectivity index (χ3v) is 7.55. The zero-order valence-electron chi connectivity index (χ0n) is 21.5. The van der Waals surface area contributed by atoms with E-state index < -0.39 is 34.0 Å². The predicted octanol–water partition coefficient (Wildman–Crippen LogP) is 4.96. The summed E-state index contributed by atoms with van der Waals surface area (Å²) in [5, 5.41) is 7.12. The van der Waals surface area contributed by atoms with E-state index in [9.17, 15) is 31.2 Å². The lowest BCUT2D eigenvalue weighted by Crippen LogP contribution is -2.30. The zero-order chi connectivity index (χ0) is 30.5. The van der Waals surface area contributed by atoms with E-state index in [0.717, 1.165) is 16.0 Å². The number of rotatable bonds is 6. The van der Waals surface area contributed by atoms with Crippen LogP contribution < -0.4 is 9.62 Å². The number of imide groups is 1. The Morgan fingerprint density at radius 3 is 1.62 bits per heavy atom. The number of benzene rings is 3. The number of carbonyl (C=O) groups is 3. The number of halogens is 3. The number of sulfonamides is 1. The van der Waals surface area contributed by atoms with Crippen molar-refractivity contribution in [3.8, 4) is 0 Å². The second-order valence-electron chi connectivity index (χ2n) is 8.91. The van der Waals surface area contributed by atoms with Crippen molar-refractivity contribution in [1.29, 1.82) is 0 Å². The first kappa shape index (κ1) is 29.9. The van der Waals surface area contributed by atoms with Crippen molar-refractivity contribution in [2.24, 2.45) is 0 Å². The molecule has 1 aliphatic heterocycles. The molecule has 13 heteroatoms. The quantitative estimate of drug-likeness (QED) is 0.300. The first-order valence-electron chi connectivity index (χ1n) is 12.2. The Morgan fingerprint density at radius 1 is 0.762 bits per heavy atom. The van der Waals surface area contributed by atoms with Crippen LogP contribution in [0.25, 0.3) is 0 Å². The van der Waals surface area contributed by atoms with Gasteiger partial charge in [0.15, 0.2) is 0 Å². The van der Waals surface area contributed by atoms with Gasteiger partial charge in [-0.3, -0.25) is 14.3 Å². The summed E-state index contributed by atoms with van der Waals surface area (Å²) in [6.45, 7) is 0. The van der Waals surface area contributed by atoms with E-state index in [1.165, 1.54) is 30.5 Å². The van der Waals surface area contributed by atoms with Crippen LogP contribution in [0.1, 0.15) is 23.0 Å². The van der Waals surface area contributed by atoms with Crippen molar-refractivity contribution in [2.45, 2.75) is 22.9 Å². The van der Waals surface area contributed by atoms with Gasteiger partial charge in [0.2, 0.25) is 11.8 Å². The maximum Gasteiger partial charge on any atom is 0.490 e. The van der Waals surface area contributed by atoms with Gasteiger partial charge in [-0.05, 0) is 47.5 Å². The van der Waals surface area contributed by atoms with Gasteiger partial charge in [0.25, 0.3) is 10.0 Å². The van der Waals surface area contributed by atoms with Gasteiger partial charge in [0.05, 0.1) is 22.4 Å². The van der Waals surface area contributed by atoms with Crippen LogP contribution in [0.5, 0.6) is 0 Å². The van der Waals surface area contributed by atoms with Gasteiger partial charge < -0.3 is 5.11 Å². The highest BCUT2D eigenvalue weighted by atomic mass is 32.2. The Kier molecular flexibility index (Phi) is 8.71. The van der Waals surface area contributed by atoms with Crippen molar-refractivity contribution < 1.29 is 41.1 Å². The summed E-state index contributed by atoms with van der Waals surface area (Å²) in [6, 6.07) is 29.0. The minimum absolute atomic E-state index is 0.00906. The molecular weight excluding hydrogens is 575 g/mol. The predicted molar refractivity (Wildman–Crippen MR) is 146 cm³/mol. The molecular formula is C29H22F3N3O6S. The van der Waals surface area contributed by atoms with Crippen molar-refractivity contribution in [3.05, 3.63) is 120 Å². The first-order chi connectivity index (χ1) is 19.9. The van der Waals surface area contributed by atoms with E-state index in [2.05, 4.69) is 9.71 Å². The zero-order valence-corrected chi connectivity index (χ0v) is 22.3. The second-order valence-corrected chi connectivity index (χ2v) is 10.6. The number of nitrogens with one attached hydrogen (secondary N) is 1. The van der Waals surface area contributed by atoms with Crippen LogP contribution in [0.4, 0.5) is 24.7 Å². The molecule has 42 heavy (non-hydrogen) atoms. The van der Waals surface area contributed by atoms with Crippen LogP contribution in [-0.4, -0.2) is 42.5 Å². The summed E-state index contributed by atoms with van der Waals surface area (Å²) in [6.07, 6.45) is -3.60. The molecule has 2 N–H and O–H groups in total. The Morgan fingerprint density at radius 2 is 1.21 bits per heavy atom. The summed E-state index contributed by atoms with van der Waals surface area (Å²) in [5.74, 6) is -4.62. The van der Waals surface area contributed by atoms with Gasteiger partial charge in [-0.15, -0.1) is 0 Å². The average molecular weight is 598 g/mol. The summed E-state index contributed by atoms with van der Waals surface area (Å²) in [5.41, 5.74) is 1.82. The molecule has 0 saturated carbocycles. The maximum atomic E-state index is 13.6. The fourth-order valence-electron chi connectivity index (χ4n) is 4.31. The number of aliphatic carboxylic acids is 1. The van der Waals surface area contributed by atoms with E-state index in [0.29, 0.717) is 5.69 Å². The van der Waals surface area contributed by atoms with E-state index >= 15 is 0 Å². The summed E-state index contributed by atoms with van der Waals surface area (Å²) < 4.78 is 59.6. The smallest absolute Gasteiger partial charge is 0.475 e. The number of hydrogen-bond donors (Lipinski definition) is 2. The Bertz CT molecular complexity index is 1610. The largest absolute Gasteiger partial charge is 0.490 e. The van der Waals surface area contributed by atoms with E-state index in [4.69, 9.17) is 9.90 Å². The molecule has 1 aromatic heterocycles. The molecule has 1 fully saturated rings. The highest BCUT2D eigenvalue weighted by molar-refractivity contribution is 7.92. The molecule has 4 aromatic rings. The van der Waals surface area contributed by atoms with Crippen LogP contribution >= 0.6 is 0 Å². The monoisotopic (exact) mass is 597 g/mol. The molecule has 2 heterocycles. The number of nitrogens with zero attached hydrogens (tertiary/aromatic N) is 2. The number of carboxylic acid groups (broad SMARTS) is 1. The number of amides is 2. The molecule has 1 saturated heterocycles. The molecule has 3 aromatic carbocycles. The molecule has 5 rings (SSSR count). The molecule has 0 radical (unpaired) electrons. The molecule has 0 spiro atoms. The lowest BCUT2D eigenvalue weighted by atomic mass is 9.83. The lowest BCUT2D eigenvalue weighted by molar-refractivity contribution is -0.192. The number of carbonyl (C=O) groups excluding carboxylic acids is 2.